The highest BCUT2D eigenvalue weighted by atomic mass is 35.5. The van der Waals surface area contributed by atoms with Crippen molar-refractivity contribution in [2.45, 2.75) is 25.9 Å². The summed E-state index contributed by atoms with van der Waals surface area (Å²) in [6.45, 7) is 1.88. The first-order valence-corrected chi connectivity index (χ1v) is 7.93. The van der Waals surface area contributed by atoms with Crippen LogP contribution in [-0.2, 0) is 4.79 Å². The van der Waals surface area contributed by atoms with E-state index in [0.29, 0.717) is 45.6 Å². The highest BCUT2D eigenvalue weighted by Gasteiger charge is 2.19. The number of carbonyl (C=O) groups is 1. The fraction of sp³-hybridized carbons (Fsp3) is 0.222. The lowest BCUT2D eigenvalue weighted by Gasteiger charge is -2.14. The van der Waals surface area contributed by atoms with Gasteiger partial charge >= 0.3 is 5.97 Å². The standard InChI is InChI=1S/C18H15ClO5/c1-2-4-14(18(21)22)23-10-7-8-11-15(9-10)24-17-12(16(11)20)5-3-6-13(17)19/h3,5-9,14H,2,4H2,1H3,(H,21,22). The Hall–Kier alpha value is -2.53. The SMILES string of the molecule is CCCC(Oc1ccc2c(=O)c3cccc(Cl)c3oc2c1)C(=O)O. The molecule has 1 atom stereocenters. The van der Waals surface area contributed by atoms with Gasteiger partial charge in [0.15, 0.2) is 11.7 Å². The molecule has 1 heterocycles. The molecule has 1 N–H and O–H groups in total. The highest BCUT2D eigenvalue weighted by Crippen LogP contribution is 2.27. The predicted molar refractivity (Wildman–Crippen MR) is 92.0 cm³/mol. The van der Waals surface area contributed by atoms with Crippen LogP contribution in [0.1, 0.15) is 19.8 Å². The van der Waals surface area contributed by atoms with Crippen LogP contribution in [0.15, 0.2) is 45.6 Å². The zero-order valence-electron chi connectivity index (χ0n) is 12.9. The largest absolute Gasteiger partial charge is 0.479 e. The minimum absolute atomic E-state index is 0.191. The first-order chi connectivity index (χ1) is 11.5. The normalized spacial score (nSPS) is 12.4. The van der Waals surface area contributed by atoms with Gasteiger partial charge in [-0.3, -0.25) is 4.79 Å². The van der Waals surface area contributed by atoms with Gasteiger partial charge in [-0.2, -0.15) is 0 Å². The van der Waals surface area contributed by atoms with Crippen molar-refractivity contribution < 1.29 is 19.1 Å². The van der Waals surface area contributed by atoms with E-state index < -0.39 is 12.1 Å². The highest BCUT2D eigenvalue weighted by molar-refractivity contribution is 6.34. The Morgan fingerprint density at radius 3 is 2.79 bits per heavy atom. The van der Waals surface area contributed by atoms with Crippen LogP contribution in [0.5, 0.6) is 5.75 Å². The summed E-state index contributed by atoms with van der Waals surface area (Å²) in [7, 11) is 0. The van der Waals surface area contributed by atoms with Crippen LogP contribution < -0.4 is 10.2 Å². The van der Waals surface area contributed by atoms with Gasteiger partial charge < -0.3 is 14.3 Å². The van der Waals surface area contributed by atoms with Crippen molar-refractivity contribution in [1.29, 1.82) is 0 Å². The average Bonchev–Trinajstić information content (AvgIpc) is 2.55. The number of para-hydroxylation sites is 1. The van der Waals surface area contributed by atoms with E-state index in [9.17, 15) is 14.7 Å². The molecule has 0 fully saturated rings. The van der Waals surface area contributed by atoms with E-state index in [1.807, 2.05) is 6.92 Å². The lowest BCUT2D eigenvalue weighted by Crippen LogP contribution is -2.26. The van der Waals surface area contributed by atoms with Crippen LogP contribution in [0.4, 0.5) is 0 Å². The minimum Gasteiger partial charge on any atom is -0.479 e. The zero-order valence-corrected chi connectivity index (χ0v) is 13.7. The summed E-state index contributed by atoms with van der Waals surface area (Å²) in [6, 6.07) is 9.64. The molecule has 0 radical (unpaired) electrons. The Kier molecular flexibility index (Phi) is 4.44. The van der Waals surface area contributed by atoms with Gasteiger partial charge in [0.1, 0.15) is 11.3 Å². The van der Waals surface area contributed by atoms with Crippen LogP contribution >= 0.6 is 11.6 Å². The molecule has 0 bridgehead atoms. The summed E-state index contributed by atoms with van der Waals surface area (Å²) in [6.07, 6.45) is 0.129. The van der Waals surface area contributed by atoms with E-state index in [-0.39, 0.29) is 5.43 Å². The predicted octanol–water partition coefficient (Wildman–Crippen LogP) is 4.23. The first kappa shape index (κ1) is 16.3. The molecule has 5 nitrogen and oxygen atoms in total. The van der Waals surface area contributed by atoms with Crippen LogP contribution in [0.25, 0.3) is 21.9 Å². The number of carboxylic acid groups (broad SMARTS) is 1. The lowest BCUT2D eigenvalue weighted by molar-refractivity contribution is -0.145. The summed E-state index contributed by atoms with van der Waals surface area (Å²) in [5.41, 5.74) is 0.416. The maximum absolute atomic E-state index is 12.5. The van der Waals surface area contributed by atoms with Crippen LogP contribution in [0, 0.1) is 0 Å². The van der Waals surface area contributed by atoms with Gasteiger partial charge in [-0.05, 0) is 30.7 Å². The molecule has 0 amide bonds. The summed E-state index contributed by atoms with van der Waals surface area (Å²) in [5.74, 6) is -0.696. The molecular formula is C18H15ClO5. The summed E-state index contributed by atoms with van der Waals surface area (Å²) in [5, 5.41) is 10.3. The Balaban J connectivity index is 2.11. The molecule has 0 saturated carbocycles. The van der Waals surface area contributed by atoms with Gasteiger partial charge in [-0.15, -0.1) is 0 Å². The number of hydrogen-bond donors (Lipinski definition) is 1. The average molecular weight is 347 g/mol. The second kappa shape index (κ2) is 6.53. The van der Waals surface area contributed by atoms with Crippen molar-refractivity contribution in [1.82, 2.24) is 0 Å². The molecule has 0 aliphatic rings. The third-order valence-corrected chi connectivity index (χ3v) is 4.02. The van der Waals surface area contributed by atoms with Crippen LogP contribution in [0.2, 0.25) is 5.02 Å². The number of carboxylic acids is 1. The summed E-state index contributed by atoms with van der Waals surface area (Å²) >= 11 is 6.09. The second-order valence-electron chi connectivity index (χ2n) is 5.44. The molecule has 24 heavy (non-hydrogen) atoms. The number of benzene rings is 2. The topological polar surface area (TPSA) is 76.7 Å². The quantitative estimate of drug-likeness (QED) is 0.699. The molecule has 3 aromatic rings. The van der Waals surface area contributed by atoms with E-state index in [2.05, 4.69) is 0 Å². The van der Waals surface area contributed by atoms with Gasteiger partial charge in [0.2, 0.25) is 5.43 Å². The molecular weight excluding hydrogens is 332 g/mol. The van der Waals surface area contributed by atoms with Crippen LogP contribution in [-0.4, -0.2) is 17.2 Å². The summed E-state index contributed by atoms with van der Waals surface area (Å²) < 4.78 is 11.3. The maximum atomic E-state index is 12.5. The van der Waals surface area contributed by atoms with E-state index >= 15 is 0 Å². The van der Waals surface area contributed by atoms with Gasteiger partial charge in [-0.25, -0.2) is 4.79 Å². The third kappa shape index (κ3) is 2.95. The number of rotatable bonds is 5. The van der Waals surface area contributed by atoms with Crippen molar-refractivity contribution in [3.05, 3.63) is 51.6 Å². The number of fused-ring (bicyclic) bond motifs is 2. The molecule has 124 valence electrons. The lowest BCUT2D eigenvalue weighted by atomic mass is 10.1. The fourth-order valence-corrected chi connectivity index (χ4v) is 2.77. The van der Waals surface area contributed by atoms with E-state index in [1.54, 1.807) is 30.3 Å². The van der Waals surface area contributed by atoms with Gasteiger partial charge in [0, 0.05) is 6.07 Å². The molecule has 0 aliphatic carbocycles. The minimum atomic E-state index is -1.03. The van der Waals surface area contributed by atoms with E-state index in [4.69, 9.17) is 20.8 Å². The second-order valence-corrected chi connectivity index (χ2v) is 5.85. The van der Waals surface area contributed by atoms with Gasteiger partial charge in [0.05, 0.1) is 15.8 Å². The Morgan fingerprint density at radius 1 is 1.29 bits per heavy atom. The van der Waals surface area contributed by atoms with Crippen molar-refractivity contribution in [2.24, 2.45) is 0 Å². The van der Waals surface area contributed by atoms with Crippen molar-refractivity contribution in [2.75, 3.05) is 0 Å². The number of halogens is 1. The monoisotopic (exact) mass is 346 g/mol. The molecule has 1 aromatic heterocycles. The van der Waals surface area contributed by atoms with Crippen LogP contribution in [0.3, 0.4) is 0 Å². The molecule has 0 saturated heterocycles. The molecule has 3 rings (SSSR count). The first-order valence-electron chi connectivity index (χ1n) is 7.55. The molecule has 0 spiro atoms. The van der Waals surface area contributed by atoms with Gasteiger partial charge in [0.25, 0.3) is 0 Å². The van der Waals surface area contributed by atoms with Crippen molar-refractivity contribution in [3.63, 3.8) is 0 Å². The number of ether oxygens (including phenoxy) is 1. The Bertz CT molecular complexity index is 976. The van der Waals surface area contributed by atoms with E-state index in [1.165, 1.54) is 6.07 Å². The fourth-order valence-electron chi connectivity index (χ4n) is 2.55. The molecule has 0 aliphatic heterocycles. The maximum Gasteiger partial charge on any atom is 0.344 e. The number of aliphatic carboxylic acids is 1. The molecule has 6 heteroatoms. The molecule has 2 aromatic carbocycles. The smallest absolute Gasteiger partial charge is 0.344 e. The van der Waals surface area contributed by atoms with Crippen molar-refractivity contribution in [3.8, 4) is 5.75 Å². The zero-order chi connectivity index (χ0) is 17.3. The Morgan fingerprint density at radius 2 is 2.08 bits per heavy atom. The summed E-state index contributed by atoms with van der Waals surface area (Å²) in [4.78, 5) is 23.7. The van der Waals surface area contributed by atoms with E-state index in [0.717, 1.165) is 0 Å². The number of hydrogen-bond acceptors (Lipinski definition) is 4. The Labute approximate surface area is 142 Å². The molecule has 1 unspecified atom stereocenters. The van der Waals surface area contributed by atoms with Gasteiger partial charge in [-0.1, -0.05) is 31.0 Å². The third-order valence-electron chi connectivity index (χ3n) is 3.73. The van der Waals surface area contributed by atoms with Crippen molar-refractivity contribution >= 4 is 39.5 Å².